The van der Waals surface area contributed by atoms with Crippen molar-refractivity contribution in [1.29, 1.82) is 5.26 Å². The molecule has 2 unspecified atom stereocenters. The van der Waals surface area contributed by atoms with Crippen LogP contribution in [0.5, 0.6) is 0 Å². The Labute approximate surface area is 169 Å². The Kier molecular flexibility index (Phi) is 4.38. The second kappa shape index (κ2) is 6.94. The largest absolute Gasteiger partial charge is 0.348 e. The van der Waals surface area contributed by atoms with E-state index in [4.69, 9.17) is 5.26 Å². The summed E-state index contributed by atoms with van der Waals surface area (Å²) in [7, 11) is 0. The van der Waals surface area contributed by atoms with E-state index in [1.54, 1.807) is 0 Å². The Hall–Kier alpha value is -2.75. The number of carbonyl (C=O) groups is 1. The van der Waals surface area contributed by atoms with Gasteiger partial charge in [0.2, 0.25) is 0 Å². The maximum absolute atomic E-state index is 13.9. The van der Waals surface area contributed by atoms with E-state index in [1.807, 2.05) is 12.1 Å². The second-order valence-electron chi connectivity index (χ2n) is 8.54. The average Bonchev–Trinajstić information content (AvgIpc) is 2.98. The molecule has 3 atom stereocenters. The molecule has 4 heterocycles. The van der Waals surface area contributed by atoms with E-state index in [2.05, 4.69) is 39.4 Å². The normalized spacial score (nSPS) is 32.4. The number of hydrogen-bond donors (Lipinski definition) is 1. The molecule has 4 saturated heterocycles. The summed E-state index contributed by atoms with van der Waals surface area (Å²) in [6.07, 6.45) is 0. The lowest BCUT2D eigenvalue weighted by Gasteiger charge is -2.55. The highest BCUT2D eigenvalue weighted by Crippen LogP contribution is 2.43. The van der Waals surface area contributed by atoms with Crippen LogP contribution < -0.4 is 5.32 Å². The quantitative estimate of drug-likeness (QED) is 0.871. The number of nitriles is 1. The summed E-state index contributed by atoms with van der Waals surface area (Å²) in [6.45, 7) is 5.84. The Morgan fingerprint density at radius 1 is 1.10 bits per heavy atom. The van der Waals surface area contributed by atoms with Crippen molar-refractivity contribution < 1.29 is 9.18 Å². The molecule has 6 rings (SSSR count). The molecule has 29 heavy (non-hydrogen) atoms. The van der Waals surface area contributed by atoms with E-state index >= 15 is 0 Å². The Morgan fingerprint density at radius 3 is 2.45 bits per heavy atom. The van der Waals surface area contributed by atoms with E-state index in [0.717, 1.165) is 45.3 Å². The Bertz CT molecular complexity index is 970. The molecule has 4 aliphatic heterocycles. The molecule has 0 aromatic heterocycles. The summed E-state index contributed by atoms with van der Waals surface area (Å²) in [5.74, 6) is -0.559. The van der Waals surface area contributed by atoms with Crippen molar-refractivity contribution in [2.24, 2.45) is 5.92 Å². The highest BCUT2D eigenvalue weighted by molar-refractivity contribution is 5.95. The summed E-state index contributed by atoms with van der Waals surface area (Å²) in [5.41, 5.74) is 1.41. The molecule has 4 bridgehead atoms. The minimum Gasteiger partial charge on any atom is -0.348 e. The zero-order valence-corrected chi connectivity index (χ0v) is 16.1. The maximum Gasteiger partial charge on any atom is 0.251 e. The number of carbonyl (C=O) groups excluding carboxylic acids is 1. The fourth-order valence-electron chi connectivity index (χ4n) is 5.58. The van der Waals surface area contributed by atoms with Gasteiger partial charge in [-0.25, -0.2) is 4.39 Å². The summed E-state index contributed by atoms with van der Waals surface area (Å²) >= 11 is 0. The predicted molar refractivity (Wildman–Crippen MR) is 107 cm³/mol. The molecule has 0 aliphatic carbocycles. The summed E-state index contributed by atoms with van der Waals surface area (Å²) in [4.78, 5) is 18.1. The minimum absolute atomic E-state index is 0.0307. The third kappa shape index (κ3) is 3.11. The van der Waals surface area contributed by atoms with E-state index < -0.39 is 5.82 Å². The number of rotatable bonds is 3. The number of nitrogens with one attached hydrogen (secondary N) is 1. The SMILES string of the molecule is N#Cc1cc(F)cc(C(=O)N[C@@H]2C3CN4CCN(C3)CC2(c2ccccc2)C4)c1. The molecular formula is C23H23FN4O. The van der Waals surface area contributed by atoms with Gasteiger partial charge in [-0.2, -0.15) is 5.26 Å². The molecule has 0 radical (unpaired) electrons. The van der Waals surface area contributed by atoms with Crippen molar-refractivity contribution in [3.63, 3.8) is 0 Å². The highest BCUT2D eigenvalue weighted by atomic mass is 19.1. The molecular weight excluding hydrogens is 367 g/mol. The van der Waals surface area contributed by atoms with Crippen molar-refractivity contribution in [3.05, 3.63) is 71.0 Å². The first kappa shape index (κ1) is 18.3. The molecule has 5 nitrogen and oxygen atoms in total. The van der Waals surface area contributed by atoms with Crippen molar-refractivity contribution in [1.82, 2.24) is 15.1 Å². The van der Waals surface area contributed by atoms with Crippen LogP contribution in [-0.4, -0.2) is 61.0 Å². The van der Waals surface area contributed by atoms with E-state index in [9.17, 15) is 9.18 Å². The van der Waals surface area contributed by atoms with Crippen molar-refractivity contribution >= 4 is 5.91 Å². The minimum atomic E-state index is -0.564. The van der Waals surface area contributed by atoms with Crippen LogP contribution in [0.3, 0.4) is 0 Å². The van der Waals surface area contributed by atoms with Crippen LogP contribution in [0.2, 0.25) is 0 Å². The van der Waals surface area contributed by atoms with Gasteiger partial charge < -0.3 is 15.1 Å². The molecule has 0 saturated carbocycles. The molecule has 6 heteroatoms. The van der Waals surface area contributed by atoms with Gasteiger partial charge in [0.1, 0.15) is 5.82 Å². The average molecular weight is 390 g/mol. The van der Waals surface area contributed by atoms with Crippen LogP contribution in [0, 0.1) is 23.1 Å². The van der Waals surface area contributed by atoms with Gasteiger partial charge in [-0.3, -0.25) is 4.79 Å². The molecule has 2 aromatic rings. The molecule has 2 aromatic carbocycles. The fraction of sp³-hybridized carbons (Fsp3) is 0.391. The van der Waals surface area contributed by atoms with E-state index in [0.29, 0.717) is 5.92 Å². The number of benzene rings is 2. The number of hydrogen-bond acceptors (Lipinski definition) is 4. The summed E-state index contributed by atoms with van der Waals surface area (Å²) in [5, 5.41) is 12.4. The van der Waals surface area contributed by atoms with Crippen LogP contribution in [0.4, 0.5) is 4.39 Å². The van der Waals surface area contributed by atoms with Crippen molar-refractivity contribution in [2.45, 2.75) is 11.5 Å². The zero-order valence-electron chi connectivity index (χ0n) is 16.1. The lowest BCUT2D eigenvalue weighted by molar-refractivity contribution is 0.0180. The number of piperidine rings is 2. The van der Waals surface area contributed by atoms with Crippen LogP contribution >= 0.6 is 0 Å². The Balaban J connectivity index is 1.52. The predicted octanol–water partition coefficient (Wildman–Crippen LogP) is 1.99. The third-order valence-electron chi connectivity index (χ3n) is 6.72. The van der Waals surface area contributed by atoms with Gasteiger partial charge in [-0.15, -0.1) is 0 Å². The zero-order chi connectivity index (χ0) is 20.0. The monoisotopic (exact) mass is 390 g/mol. The number of nitrogens with zero attached hydrogens (tertiary/aromatic N) is 3. The first-order chi connectivity index (χ1) is 14.1. The second-order valence-corrected chi connectivity index (χ2v) is 8.54. The topological polar surface area (TPSA) is 59.4 Å². The smallest absolute Gasteiger partial charge is 0.251 e. The third-order valence-corrected chi connectivity index (χ3v) is 6.72. The Morgan fingerprint density at radius 2 is 1.79 bits per heavy atom. The van der Waals surface area contributed by atoms with E-state index in [1.165, 1.54) is 17.7 Å². The van der Waals surface area contributed by atoms with Crippen LogP contribution in [0.1, 0.15) is 21.5 Å². The van der Waals surface area contributed by atoms with Gasteiger partial charge in [0.05, 0.1) is 11.6 Å². The molecule has 148 valence electrons. The molecule has 1 N–H and O–H groups in total. The van der Waals surface area contributed by atoms with Crippen LogP contribution in [0.15, 0.2) is 48.5 Å². The van der Waals surface area contributed by atoms with Gasteiger partial charge in [0, 0.05) is 62.2 Å². The maximum atomic E-state index is 13.9. The standard InChI is InChI=1S/C23H23FN4O/c24-20-9-16(11-25)8-17(10-20)22(29)26-21-18-12-27-6-7-28(13-18)15-23(21,14-27)19-4-2-1-3-5-19/h1-5,8-10,18,21H,6-7,12-15H2,(H,26,29)/t18?,21-,23?/m1/s1. The van der Waals surface area contributed by atoms with Crippen molar-refractivity contribution in [3.8, 4) is 6.07 Å². The van der Waals surface area contributed by atoms with Crippen LogP contribution in [0.25, 0.3) is 0 Å². The van der Waals surface area contributed by atoms with Gasteiger partial charge >= 0.3 is 0 Å². The highest BCUT2D eigenvalue weighted by Gasteiger charge is 2.55. The van der Waals surface area contributed by atoms with Gasteiger partial charge in [-0.1, -0.05) is 30.3 Å². The number of amides is 1. The first-order valence-corrected chi connectivity index (χ1v) is 10.1. The number of fused-ring (bicyclic) bond motifs is 1. The summed E-state index contributed by atoms with van der Waals surface area (Å²) < 4.78 is 13.9. The van der Waals surface area contributed by atoms with Crippen LogP contribution in [-0.2, 0) is 5.41 Å². The first-order valence-electron chi connectivity index (χ1n) is 10.1. The summed E-state index contributed by atoms with van der Waals surface area (Å²) in [6, 6.07) is 16.2. The van der Waals surface area contributed by atoms with Crippen molar-refractivity contribution in [2.75, 3.05) is 39.3 Å². The lowest BCUT2D eigenvalue weighted by Crippen LogP contribution is -2.70. The van der Waals surface area contributed by atoms with Gasteiger partial charge in [0.25, 0.3) is 5.91 Å². The molecule has 4 aliphatic rings. The van der Waals surface area contributed by atoms with Gasteiger partial charge in [0.15, 0.2) is 0 Å². The molecule has 4 fully saturated rings. The number of halogens is 1. The lowest BCUT2D eigenvalue weighted by atomic mass is 9.64. The molecule has 0 spiro atoms. The molecule has 1 amide bonds. The fourth-order valence-corrected chi connectivity index (χ4v) is 5.58. The van der Waals surface area contributed by atoms with E-state index in [-0.39, 0.29) is 28.5 Å². The van der Waals surface area contributed by atoms with Gasteiger partial charge in [-0.05, 0) is 23.8 Å².